The first kappa shape index (κ1) is 23.3. The highest BCUT2D eigenvalue weighted by Gasteiger charge is 2.32. The van der Waals surface area contributed by atoms with Crippen LogP contribution in [0.25, 0.3) is 0 Å². The normalized spacial score (nSPS) is 19.2. The summed E-state index contributed by atoms with van der Waals surface area (Å²) in [5.41, 5.74) is 1.06. The number of hydrogen-bond acceptors (Lipinski definition) is 5. The van der Waals surface area contributed by atoms with Crippen molar-refractivity contribution in [2.24, 2.45) is 0 Å². The van der Waals surface area contributed by atoms with Gasteiger partial charge in [-0.3, -0.25) is 9.69 Å². The van der Waals surface area contributed by atoms with Crippen molar-refractivity contribution in [2.75, 3.05) is 33.9 Å². The predicted octanol–water partition coefficient (Wildman–Crippen LogP) is 4.11. The lowest BCUT2D eigenvalue weighted by Crippen LogP contribution is -2.58. The van der Waals surface area contributed by atoms with Crippen molar-refractivity contribution in [3.63, 3.8) is 0 Å². The van der Waals surface area contributed by atoms with E-state index in [9.17, 15) is 9.18 Å². The maximum Gasteiger partial charge on any atom is 0.260 e. The number of ether oxygens (including phenoxy) is 3. The fraction of sp³-hybridized carbons (Fsp3) is 0.435. The van der Waals surface area contributed by atoms with Crippen molar-refractivity contribution >= 4 is 21.8 Å². The molecule has 0 aromatic heterocycles. The summed E-state index contributed by atoms with van der Waals surface area (Å²) in [5.74, 6) is 1.33. The van der Waals surface area contributed by atoms with E-state index in [4.69, 9.17) is 14.2 Å². The van der Waals surface area contributed by atoms with E-state index in [1.807, 2.05) is 11.8 Å². The number of benzene rings is 2. The van der Waals surface area contributed by atoms with Crippen LogP contribution in [-0.2, 0) is 11.3 Å². The Morgan fingerprint density at radius 3 is 2.26 bits per heavy atom. The van der Waals surface area contributed by atoms with Gasteiger partial charge in [-0.2, -0.15) is 0 Å². The summed E-state index contributed by atoms with van der Waals surface area (Å²) >= 11 is 3.42. The lowest BCUT2D eigenvalue weighted by molar-refractivity contribution is -0.139. The summed E-state index contributed by atoms with van der Waals surface area (Å²) in [6.07, 6.45) is 0. The van der Waals surface area contributed by atoms with Crippen LogP contribution in [0, 0.1) is 5.82 Å². The minimum atomic E-state index is -0.235. The number of piperazine rings is 1. The van der Waals surface area contributed by atoms with Gasteiger partial charge in [0.2, 0.25) is 0 Å². The second-order valence-corrected chi connectivity index (χ2v) is 8.52. The van der Waals surface area contributed by atoms with E-state index in [1.165, 1.54) is 12.1 Å². The molecule has 0 radical (unpaired) electrons. The zero-order valence-electron chi connectivity index (χ0n) is 18.2. The first-order valence-electron chi connectivity index (χ1n) is 10.1. The fourth-order valence-corrected chi connectivity index (χ4v) is 4.30. The van der Waals surface area contributed by atoms with Crippen molar-refractivity contribution < 1.29 is 23.4 Å². The molecule has 2 aromatic carbocycles. The van der Waals surface area contributed by atoms with Crippen LogP contribution in [0.1, 0.15) is 19.4 Å². The molecule has 1 amide bonds. The van der Waals surface area contributed by atoms with E-state index >= 15 is 0 Å². The van der Waals surface area contributed by atoms with Gasteiger partial charge in [-0.1, -0.05) is 12.1 Å². The Hall–Kier alpha value is -2.32. The third-order valence-electron chi connectivity index (χ3n) is 5.52. The number of halogens is 2. The van der Waals surface area contributed by atoms with E-state index in [0.29, 0.717) is 28.3 Å². The van der Waals surface area contributed by atoms with Crippen LogP contribution in [0.5, 0.6) is 17.2 Å². The molecule has 3 rings (SSSR count). The zero-order valence-corrected chi connectivity index (χ0v) is 19.8. The van der Waals surface area contributed by atoms with Gasteiger partial charge in [-0.25, -0.2) is 4.39 Å². The van der Waals surface area contributed by atoms with E-state index < -0.39 is 0 Å². The van der Waals surface area contributed by atoms with Crippen LogP contribution in [0.4, 0.5) is 4.39 Å². The third kappa shape index (κ3) is 5.68. The zero-order chi connectivity index (χ0) is 22.5. The monoisotopic (exact) mass is 494 g/mol. The number of rotatable bonds is 7. The molecule has 1 heterocycles. The summed E-state index contributed by atoms with van der Waals surface area (Å²) < 4.78 is 30.2. The van der Waals surface area contributed by atoms with Crippen LogP contribution < -0.4 is 14.2 Å². The molecule has 0 bridgehead atoms. The molecule has 31 heavy (non-hydrogen) atoms. The molecule has 2 aromatic rings. The average molecular weight is 495 g/mol. The van der Waals surface area contributed by atoms with E-state index in [2.05, 4.69) is 27.8 Å². The van der Waals surface area contributed by atoms with Crippen LogP contribution in [-0.4, -0.2) is 61.7 Å². The SMILES string of the molecule is COc1cc(OCC(=O)N2C[C@@H](C)N(Cc3ccc(F)cc3)C[C@@H]2C)cc(OC)c1Br. The molecular formula is C23H28BrFN2O4. The number of carbonyl (C=O) groups excluding carboxylic acids is 1. The summed E-state index contributed by atoms with van der Waals surface area (Å²) in [6.45, 7) is 6.14. The van der Waals surface area contributed by atoms with Gasteiger partial charge in [-0.15, -0.1) is 0 Å². The number of nitrogens with zero attached hydrogens (tertiary/aromatic N) is 2. The summed E-state index contributed by atoms with van der Waals surface area (Å²) in [6, 6.07) is 10.2. The number of carbonyl (C=O) groups is 1. The van der Waals surface area contributed by atoms with Crippen molar-refractivity contribution in [1.82, 2.24) is 9.80 Å². The lowest BCUT2D eigenvalue weighted by atomic mass is 10.1. The molecular weight excluding hydrogens is 467 g/mol. The minimum absolute atomic E-state index is 0.0433. The molecule has 2 atom stereocenters. The van der Waals surface area contributed by atoms with Crippen molar-refractivity contribution in [2.45, 2.75) is 32.5 Å². The fourth-order valence-electron chi connectivity index (χ4n) is 3.75. The highest BCUT2D eigenvalue weighted by molar-refractivity contribution is 9.10. The summed E-state index contributed by atoms with van der Waals surface area (Å²) in [5, 5.41) is 0. The Morgan fingerprint density at radius 2 is 1.68 bits per heavy atom. The van der Waals surface area contributed by atoms with Gasteiger partial charge >= 0.3 is 0 Å². The van der Waals surface area contributed by atoms with Crippen LogP contribution in [0.15, 0.2) is 40.9 Å². The van der Waals surface area contributed by atoms with E-state index in [-0.39, 0.29) is 30.4 Å². The minimum Gasteiger partial charge on any atom is -0.495 e. The molecule has 0 spiro atoms. The van der Waals surface area contributed by atoms with Gasteiger partial charge in [0.25, 0.3) is 5.91 Å². The molecule has 0 saturated carbocycles. The molecule has 8 heteroatoms. The third-order valence-corrected chi connectivity index (χ3v) is 6.30. The molecule has 1 saturated heterocycles. The lowest BCUT2D eigenvalue weighted by Gasteiger charge is -2.44. The van der Waals surface area contributed by atoms with Crippen molar-refractivity contribution in [3.8, 4) is 17.2 Å². The van der Waals surface area contributed by atoms with Crippen LogP contribution in [0.3, 0.4) is 0 Å². The van der Waals surface area contributed by atoms with Gasteiger partial charge in [0.15, 0.2) is 6.61 Å². The van der Waals surface area contributed by atoms with Crippen molar-refractivity contribution in [3.05, 3.63) is 52.3 Å². The smallest absolute Gasteiger partial charge is 0.260 e. The van der Waals surface area contributed by atoms with E-state index in [1.54, 1.807) is 38.5 Å². The Bertz CT molecular complexity index is 884. The van der Waals surface area contributed by atoms with Crippen molar-refractivity contribution in [1.29, 1.82) is 0 Å². The molecule has 0 N–H and O–H groups in total. The maximum absolute atomic E-state index is 13.2. The summed E-state index contributed by atoms with van der Waals surface area (Å²) in [7, 11) is 3.12. The number of methoxy groups -OCH3 is 2. The highest BCUT2D eigenvalue weighted by Crippen LogP contribution is 2.38. The quantitative estimate of drug-likeness (QED) is 0.579. The van der Waals surface area contributed by atoms with Crippen LogP contribution in [0.2, 0.25) is 0 Å². The maximum atomic E-state index is 13.2. The first-order valence-corrected chi connectivity index (χ1v) is 10.9. The highest BCUT2D eigenvalue weighted by atomic mass is 79.9. The topological polar surface area (TPSA) is 51.2 Å². The van der Waals surface area contributed by atoms with Gasteiger partial charge in [0.05, 0.1) is 14.2 Å². The molecule has 168 valence electrons. The van der Waals surface area contributed by atoms with Gasteiger partial charge in [0, 0.05) is 43.9 Å². The first-order chi connectivity index (χ1) is 14.8. The predicted molar refractivity (Wildman–Crippen MR) is 120 cm³/mol. The van der Waals surface area contributed by atoms with E-state index in [0.717, 1.165) is 18.7 Å². The van der Waals surface area contributed by atoms with Gasteiger partial charge in [0.1, 0.15) is 27.5 Å². The summed E-state index contributed by atoms with van der Waals surface area (Å²) in [4.78, 5) is 17.0. The molecule has 6 nitrogen and oxygen atoms in total. The number of amides is 1. The van der Waals surface area contributed by atoms with Gasteiger partial charge < -0.3 is 19.1 Å². The second kappa shape index (κ2) is 10.3. The number of hydrogen-bond donors (Lipinski definition) is 0. The van der Waals surface area contributed by atoms with Crippen LogP contribution >= 0.6 is 15.9 Å². The second-order valence-electron chi connectivity index (χ2n) is 7.73. The molecule has 1 fully saturated rings. The Labute approximate surface area is 191 Å². The largest absolute Gasteiger partial charge is 0.495 e. The Balaban J connectivity index is 1.60. The molecule has 0 aliphatic carbocycles. The Morgan fingerprint density at radius 1 is 1.06 bits per heavy atom. The van der Waals surface area contributed by atoms with Gasteiger partial charge in [-0.05, 0) is 47.5 Å². The molecule has 1 aliphatic heterocycles. The standard InChI is InChI=1S/C23H28BrFN2O4/c1-15-12-27(16(2)11-26(15)13-17-5-7-18(25)8-6-17)22(28)14-31-19-9-20(29-3)23(24)21(10-19)30-4/h5-10,15-16H,11-14H2,1-4H3/t15-,16+/m1/s1. The molecule has 0 unspecified atom stereocenters. The molecule has 1 aliphatic rings. The Kier molecular flexibility index (Phi) is 7.78. The average Bonchev–Trinajstić information content (AvgIpc) is 2.76.